The maximum atomic E-state index is 4.95. The van der Waals surface area contributed by atoms with Crippen molar-refractivity contribution in [3.05, 3.63) is 198 Å². The van der Waals surface area contributed by atoms with Crippen molar-refractivity contribution in [3.8, 4) is 33.4 Å². The summed E-state index contributed by atoms with van der Waals surface area (Å²) in [6.45, 7) is 4.40. The summed E-state index contributed by atoms with van der Waals surface area (Å²) in [4.78, 5) is 14.2. The van der Waals surface area contributed by atoms with Gasteiger partial charge in [-0.2, -0.15) is 0 Å². The fourth-order valence-corrected chi connectivity index (χ4v) is 6.12. The third-order valence-corrected chi connectivity index (χ3v) is 8.68. The molecule has 0 spiro atoms. The van der Waals surface area contributed by atoms with Crippen LogP contribution in [0.25, 0.3) is 39.0 Å². The summed E-state index contributed by atoms with van der Waals surface area (Å²) < 4.78 is 0. The van der Waals surface area contributed by atoms with Gasteiger partial charge in [-0.25, -0.2) is 9.98 Å². The van der Waals surface area contributed by atoms with E-state index < -0.39 is 0 Å². The van der Waals surface area contributed by atoms with E-state index in [-0.39, 0.29) is 0 Å². The zero-order chi connectivity index (χ0) is 33.3. The number of hydrogen-bond acceptors (Lipinski definition) is 1. The summed E-state index contributed by atoms with van der Waals surface area (Å²) >= 11 is 0. The Bertz CT molecular complexity index is 2200. The molecule has 0 unspecified atom stereocenters. The number of rotatable bonds is 8. The van der Waals surface area contributed by atoms with E-state index in [4.69, 9.17) is 9.98 Å². The smallest absolute Gasteiger partial charge is 0.161 e. The first-order chi connectivity index (χ1) is 24.2. The monoisotopic (exact) mass is 631 g/mol. The highest BCUT2D eigenvalue weighted by Gasteiger charge is 2.10. The normalized spacial score (nSPS) is 13.2. The van der Waals surface area contributed by atoms with Gasteiger partial charge in [-0.1, -0.05) is 152 Å². The van der Waals surface area contributed by atoms with Crippen molar-refractivity contribution in [2.75, 3.05) is 0 Å². The molecule has 7 rings (SSSR count). The minimum Gasteiger partial charge on any atom is -0.261 e. The maximum absolute atomic E-state index is 4.95. The number of amidine groups is 2. The van der Waals surface area contributed by atoms with Crippen LogP contribution in [0, 0.1) is 0 Å². The topological polar surface area (TPSA) is 37.1 Å². The Morgan fingerprint density at radius 2 is 1.00 bits per heavy atom. The van der Waals surface area contributed by atoms with E-state index in [0.717, 1.165) is 46.2 Å². The van der Waals surface area contributed by atoms with Crippen LogP contribution < -0.4 is 0 Å². The van der Waals surface area contributed by atoms with Crippen LogP contribution in [0.5, 0.6) is 0 Å². The van der Waals surface area contributed by atoms with Gasteiger partial charge in [0.15, 0.2) is 11.7 Å². The van der Waals surface area contributed by atoms with Gasteiger partial charge in [0.2, 0.25) is 0 Å². The number of allylic oxidation sites excluding steroid dienone is 4. The van der Waals surface area contributed by atoms with Crippen molar-refractivity contribution in [2.24, 2.45) is 15.0 Å². The van der Waals surface area contributed by atoms with Crippen molar-refractivity contribution in [2.45, 2.75) is 19.4 Å². The molecule has 0 bridgehead atoms. The van der Waals surface area contributed by atoms with Crippen LogP contribution in [0.15, 0.2) is 191 Å². The van der Waals surface area contributed by atoms with Crippen LogP contribution in [0.2, 0.25) is 0 Å². The van der Waals surface area contributed by atoms with E-state index in [2.05, 4.69) is 127 Å². The van der Waals surface area contributed by atoms with Crippen molar-refractivity contribution in [3.63, 3.8) is 0 Å². The molecule has 0 radical (unpaired) electrons. The van der Waals surface area contributed by atoms with Crippen LogP contribution in [-0.2, 0) is 6.54 Å². The second-order valence-electron chi connectivity index (χ2n) is 12.0. The van der Waals surface area contributed by atoms with Gasteiger partial charge in [-0.3, -0.25) is 4.99 Å². The lowest BCUT2D eigenvalue weighted by atomic mass is 9.93. The van der Waals surface area contributed by atoms with Crippen LogP contribution in [0.1, 0.15) is 35.1 Å². The molecule has 0 fully saturated rings. The summed E-state index contributed by atoms with van der Waals surface area (Å²) in [6, 6.07) is 54.9. The van der Waals surface area contributed by atoms with Gasteiger partial charge >= 0.3 is 0 Å². The first kappa shape index (κ1) is 31.4. The predicted molar refractivity (Wildman–Crippen MR) is 208 cm³/mol. The summed E-state index contributed by atoms with van der Waals surface area (Å²) in [6.07, 6.45) is 9.05. The van der Waals surface area contributed by atoms with E-state index in [1.807, 2.05) is 60.7 Å². The van der Waals surface area contributed by atoms with Crippen LogP contribution >= 0.6 is 0 Å². The molecule has 0 aromatic heterocycles. The Balaban J connectivity index is 1.18. The Morgan fingerprint density at radius 3 is 1.57 bits per heavy atom. The van der Waals surface area contributed by atoms with Gasteiger partial charge < -0.3 is 0 Å². The fraction of sp³-hybridized carbons (Fsp3) is 0.0652. The summed E-state index contributed by atoms with van der Waals surface area (Å²) in [5.41, 5.74) is 12.4. The molecule has 236 valence electrons. The molecule has 0 N–H and O–H groups in total. The molecule has 3 nitrogen and oxygen atoms in total. The number of benzene rings is 6. The molecule has 49 heavy (non-hydrogen) atoms. The first-order valence-electron chi connectivity index (χ1n) is 16.7. The quantitative estimate of drug-likeness (QED) is 0.118. The molecular weight excluding hydrogens is 595 g/mol. The van der Waals surface area contributed by atoms with Crippen molar-refractivity contribution < 1.29 is 0 Å². The molecule has 0 saturated carbocycles. The zero-order valence-corrected chi connectivity index (χ0v) is 27.4. The highest BCUT2D eigenvalue weighted by molar-refractivity contribution is 6.13. The van der Waals surface area contributed by atoms with E-state index in [1.54, 1.807) is 0 Å². The molecule has 1 aliphatic carbocycles. The second-order valence-corrected chi connectivity index (χ2v) is 12.0. The summed E-state index contributed by atoms with van der Waals surface area (Å²) in [5.74, 6) is 1.15. The highest BCUT2D eigenvalue weighted by atomic mass is 15.0. The third-order valence-electron chi connectivity index (χ3n) is 8.68. The van der Waals surface area contributed by atoms with Crippen LogP contribution in [0.3, 0.4) is 0 Å². The van der Waals surface area contributed by atoms with E-state index in [1.165, 1.54) is 27.8 Å². The fourth-order valence-electron chi connectivity index (χ4n) is 6.12. The lowest BCUT2D eigenvalue weighted by Gasteiger charge is -2.11. The molecule has 3 heteroatoms. The van der Waals surface area contributed by atoms with Gasteiger partial charge in [0.25, 0.3) is 0 Å². The summed E-state index contributed by atoms with van der Waals surface area (Å²) in [7, 11) is 0. The number of aliphatic imine (C=N–C) groups is 3. The van der Waals surface area contributed by atoms with Crippen LogP contribution in [0.4, 0.5) is 0 Å². The van der Waals surface area contributed by atoms with E-state index in [9.17, 15) is 0 Å². The lowest BCUT2D eigenvalue weighted by Crippen LogP contribution is -2.05. The zero-order valence-electron chi connectivity index (χ0n) is 27.4. The van der Waals surface area contributed by atoms with Crippen molar-refractivity contribution in [1.29, 1.82) is 0 Å². The minimum absolute atomic E-state index is 0.522. The number of hydrogen-bond donors (Lipinski definition) is 0. The maximum Gasteiger partial charge on any atom is 0.161 e. The van der Waals surface area contributed by atoms with Crippen molar-refractivity contribution in [1.82, 2.24) is 0 Å². The third kappa shape index (κ3) is 7.69. The average Bonchev–Trinajstić information content (AvgIpc) is 3.19. The molecule has 0 heterocycles. The SMILES string of the molecule is C=N/C(=N\C(=N/Cc1ccccc1)c1ccccc1)c1cccc(-c2cccc(-c3cccc(-c4cccc(C5=CCCC=C5)c4)c3)c2)c1. The largest absolute Gasteiger partial charge is 0.261 e. The second kappa shape index (κ2) is 15.1. The Labute approximate surface area is 289 Å². The molecular formula is C46H37N3. The lowest BCUT2D eigenvalue weighted by molar-refractivity contribution is 1.04. The Morgan fingerprint density at radius 1 is 0.490 bits per heavy atom. The van der Waals surface area contributed by atoms with Gasteiger partial charge in [-0.15, -0.1) is 0 Å². The van der Waals surface area contributed by atoms with Crippen LogP contribution in [-0.4, -0.2) is 18.4 Å². The standard InChI is InChI=1S/C46H37N3/c1-47-45(49-46(36-19-9-4-10-20-36)48-33-34-15-5-2-6-16-34)44-28-14-27-43(32-44)42-26-13-25-41(31-42)40-24-12-23-39(30-40)38-22-11-21-37(29-38)35-17-7-3-8-18-35/h2,4-7,9-32H,1,3,8,33H2/b48-46-,49-45-. The molecule has 0 saturated heterocycles. The number of nitrogens with zero attached hydrogens (tertiary/aromatic N) is 3. The average molecular weight is 632 g/mol. The van der Waals surface area contributed by atoms with Crippen molar-refractivity contribution >= 4 is 24.0 Å². The first-order valence-corrected chi connectivity index (χ1v) is 16.7. The molecule has 0 amide bonds. The van der Waals surface area contributed by atoms with E-state index in [0.29, 0.717) is 18.2 Å². The molecule has 1 aliphatic rings. The Hall–Kier alpha value is -6.19. The molecule has 6 aromatic carbocycles. The minimum atomic E-state index is 0.522. The van der Waals surface area contributed by atoms with E-state index >= 15 is 0 Å². The van der Waals surface area contributed by atoms with Gasteiger partial charge in [0.05, 0.1) is 6.54 Å². The highest BCUT2D eigenvalue weighted by Crippen LogP contribution is 2.32. The summed E-state index contributed by atoms with van der Waals surface area (Å²) in [5, 5.41) is 0. The molecule has 6 aromatic rings. The van der Waals surface area contributed by atoms with Gasteiger partial charge in [0, 0.05) is 11.1 Å². The predicted octanol–water partition coefficient (Wildman–Crippen LogP) is 11.5. The molecule has 0 atom stereocenters. The molecule has 0 aliphatic heterocycles. The van der Waals surface area contributed by atoms with Gasteiger partial charge in [-0.05, 0) is 93.9 Å². The Kier molecular flexibility index (Phi) is 9.71. The van der Waals surface area contributed by atoms with Gasteiger partial charge in [0.1, 0.15) is 0 Å².